The molecule has 0 radical (unpaired) electrons. The van der Waals surface area contributed by atoms with Gasteiger partial charge in [0, 0.05) is 23.7 Å². The number of halogens is 1. The number of aryl methyl sites for hydroxylation is 1. The summed E-state index contributed by atoms with van der Waals surface area (Å²) in [7, 11) is 0. The van der Waals surface area contributed by atoms with E-state index < -0.39 is 0 Å². The van der Waals surface area contributed by atoms with Crippen molar-refractivity contribution in [2.24, 2.45) is 0 Å². The summed E-state index contributed by atoms with van der Waals surface area (Å²) in [6, 6.07) is 16.1. The molecule has 0 saturated carbocycles. The van der Waals surface area contributed by atoms with Crippen LogP contribution in [0.5, 0.6) is 0 Å². The quantitative estimate of drug-likeness (QED) is 0.465. The second kappa shape index (κ2) is 8.57. The normalized spacial score (nSPS) is 10.8. The van der Waals surface area contributed by atoms with Crippen molar-refractivity contribution in [3.05, 3.63) is 76.9 Å². The maximum Gasteiger partial charge on any atom is 0.255 e. The Morgan fingerprint density at radius 3 is 2.52 bits per heavy atom. The van der Waals surface area contributed by atoms with Crippen molar-refractivity contribution < 1.29 is 9.59 Å². The number of carbonyl (C=O) groups is 2. The number of nitrogens with one attached hydrogen (secondary N) is 2. The molecule has 0 spiro atoms. The van der Waals surface area contributed by atoms with Gasteiger partial charge in [-0.2, -0.15) is 0 Å². The Morgan fingerprint density at radius 2 is 1.77 bits per heavy atom. The van der Waals surface area contributed by atoms with Gasteiger partial charge in [0.15, 0.2) is 11.5 Å². The van der Waals surface area contributed by atoms with Gasteiger partial charge in [0.2, 0.25) is 5.91 Å². The molecule has 8 heteroatoms. The lowest BCUT2D eigenvalue weighted by Crippen LogP contribution is -2.12. The largest absolute Gasteiger partial charge is 0.325 e. The van der Waals surface area contributed by atoms with E-state index in [2.05, 4.69) is 20.8 Å². The Kier molecular flexibility index (Phi) is 5.68. The van der Waals surface area contributed by atoms with Gasteiger partial charge in [-0.3, -0.25) is 14.0 Å². The molecule has 0 saturated heterocycles. The van der Waals surface area contributed by atoms with Crippen LogP contribution in [0.3, 0.4) is 0 Å². The van der Waals surface area contributed by atoms with E-state index in [1.807, 2.05) is 19.1 Å². The summed E-state index contributed by atoms with van der Waals surface area (Å²) in [6.07, 6.45) is 2.17. The molecule has 0 atom stereocenters. The van der Waals surface area contributed by atoms with Crippen molar-refractivity contribution >= 4 is 40.4 Å². The van der Waals surface area contributed by atoms with Gasteiger partial charge in [-0.1, -0.05) is 36.7 Å². The predicted octanol–water partition coefficient (Wildman–Crippen LogP) is 4.96. The third-order valence-electron chi connectivity index (χ3n) is 4.78. The lowest BCUT2D eigenvalue weighted by atomic mass is 10.1. The molecule has 2 N–H and O–H groups in total. The minimum absolute atomic E-state index is 0.0712. The summed E-state index contributed by atoms with van der Waals surface area (Å²) in [5.41, 5.74) is 4.17. The van der Waals surface area contributed by atoms with Crippen molar-refractivity contribution in [2.45, 2.75) is 20.3 Å². The van der Waals surface area contributed by atoms with Crippen LogP contribution in [0, 0.1) is 6.92 Å². The number of nitrogens with zero attached hydrogens (tertiary/aromatic N) is 3. The molecule has 0 aliphatic rings. The number of hydrogen-bond acceptors (Lipinski definition) is 4. The number of amides is 2. The maximum absolute atomic E-state index is 12.6. The van der Waals surface area contributed by atoms with Gasteiger partial charge < -0.3 is 10.6 Å². The highest BCUT2D eigenvalue weighted by molar-refractivity contribution is 6.34. The molecule has 156 valence electrons. The zero-order chi connectivity index (χ0) is 22.0. The Labute approximate surface area is 184 Å². The van der Waals surface area contributed by atoms with Crippen LogP contribution in [0.1, 0.15) is 29.3 Å². The molecule has 2 amide bonds. The highest BCUT2D eigenvalue weighted by Crippen LogP contribution is 2.24. The highest BCUT2D eigenvalue weighted by atomic mass is 35.5. The molecule has 0 bridgehead atoms. The average Bonchev–Trinajstić information content (AvgIpc) is 3.19. The molecule has 2 heterocycles. The van der Waals surface area contributed by atoms with Crippen molar-refractivity contribution in [1.29, 1.82) is 0 Å². The predicted molar refractivity (Wildman–Crippen MR) is 121 cm³/mol. The van der Waals surface area contributed by atoms with Crippen LogP contribution in [-0.2, 0) is 4.79 Å². The number of aromatic nitrogens is 3. The van der Waals surface area contributed by atoms with Crippen molar-refractivity contribution in [1.82, 2.24) is 14.6 Å². The molecule has 2 aromatic carbocycles. The van der Waals surface area contributed by atoms with Crippen LogP contribution in [0.25, 0.3) is 17.0 Å². The van der Waals surface area contributed by atoms with Gasteiger partial charge in [-0.05, 0) is 48.9 Å². The summed E-state index contributed by atoms with van der Waals surface area (Å²) < 4.78 is 1.80. The fourth-order valence-corrected chi connectivity index (χ4v) is 3.28. The van der Waals surface area contributed by atoms with Crippen molar-refractivity contribution in [2.75, 3.05) is 10.6 Å². The number of fused-ring (bicyclic) bond motifs is 1. The molecule has 0 aliphatic carbocycles. The first-order chi connectivity index (χ1) is 14.9. The molecule has 7 nitrogen and oxygen atoms in total. The third kappa shape index (κ3) is 4.41. The summed E-state index contributed by atoms with van der Waals surface area (Å²) in [5, 5.41) is 14.6. The first-order valence-corrected chi connectivity index (χ1v) is 10.1. The van der Waals surface area contributed by atoms with Gasteiger partial charge in [-0.25, -0.2) is 0 Å². The Balaban J connectivity index is 1.58. The van der Waals surface area contributed by atoms with Gasteiger partial charge in [0.05, 0.1) is 16.4 Å². The molecule has 2 aromatic heterocycles. The van der Waals surface area contributed by atoms with Crippen molar-refractivity contribution in [3.63, 3.8) is 0 Å². The molecule has 4 aromatic rings. The first-order valence-electron chi connectivity index (χ1n) is 9.77. The summed E-state index contributed by atoms with van der Waals surface area (Å²) >= 11 is 6.17. The van der Waals surface area contributed by atoms with Crippen LogP contribution in [-0.4, -0.2) is 26.4 Å². The fourth-order valence-electron chi connectivity index (χ4n) is 3.11. The van der Waals surface area contributed by atoms with E-state index in [0.717, 1.165) is 11.1 Å². The minimum atomic E-state index is -0.255. The minimum Gasteiger partial charge on any atom is -0.325 e. The Morgan fingerprint density at radius 1 is 1.00 bits per heavy atom. The molecule has 0 fully saturated rings. The van der Waals surface area contributed by atoms with Crippen LogP contribution in [0.15, 0.2) is 60.8 Å². The highest BCUT2D eigenvalue weighted by Gasteiger charge is 2.12. The summed E-state index contributed by atoms with van der Waals surface area (Å²) in [6.45, 7) is 3.73. The van der Waals surface area contributed by atoms with E-state index in [0.29, 0.717) is 39.9 Å². The fraction of sp³-hybridized carbons (Fsp3) is 0.130. The van der Waals surface area contributed by atoms with Crippen molar-refractivity contribution in [3.8, 4) is 11.4 Å². The van der Waals surface area contributed by atoms with Gasteiger partial charge in [0.1, 0.15) is 0 Å². The lowest BCUT2D eigenvalue weighted by Gasteiger charge is -2.09. The SMILES string of the molecule is CCC(=O)Nc1ccc2nnc(-c3ccc(C(=O)Nc4cc(C)ccc4Cl)cc3)n2c1. The zero-order valence-electron chi connectivity index (χ0n) is 17.0. The smallest absolute Gasteiger partial charge is 0.255 e. The standard InChI is InChI=1S/C23H20ClN5O2/c1-3-21(30)25-17-9-11-20-27-28-22(29(20)13-17)15-5-7-16(8-6-15)23(31)26-19-12-14(2)4-10-18(19)24/h4-13H,3H2,1-2H3,(H,25,30)(H,26,31). The summed E-state index contributed by atoms with van der Waals surface area (Å²) in [5.74, 6) is 0.282. The molecular formula is C23H20ClN5O2. The molecule has 0 aliphatic heterocycles. The summed E-state index contributed by atoms with van der Waals surface area (Å²) in [4.78, 5) is 24.3. The molecule has 4 rings (SSSR count). The van der Waals surface area contributed by atoms with Gasteiger partial charge in [0.25, 0.3) is 5.91 Å². The molecule has 0 unspecified atom stereocenters. The van der Waals surface area contributed by atoms with E-state index >= 15 is 0 Å². The van der Waals surface area contributed by atoms with Gasteiger partial charge in [-0.15, -0.1) is 10.2 Å². The third-order valence-corrected chi connectivity index (χ3v) is 5.11. The molecular weight excluding hydrogens is 414 g/mol. The number of benzene rings is 2. The van der Waals surface area contributed by atoms with Crippen LogP contribution >= 0.6 is 11.6 Å². The number of pyridine rings is 1. The number of rotatable bonds is 5. The van der Waals surface area contributed by atoms with Gasteiger partial charge >= 0.3 is 0 Å². The average molecular weight is 434 g/mol. The Hall–Kier alpha value is -3.71. The van der Waals surface area contributed by atoms with E-state index in [-0.39, 0.29) is 11.8 Å². The second-order valence-corrected chi connectivity index (χ2v) is 7.49. The Bertz CT molecular complexity index is 1280. The second-order valence-electron chi connectivity index (χ2n) is 7.09. The monoisotopic (exact) mass is 433 g/mol. The zero-order valence-corrected chi connectivity index (χ0v) is 17.8. The number of carbonyl (C=O) groups excluding carboxylic acids is 2. The lowest BCUT2D eigenvalue weighted by molar-refractivity contribution is -0.115. The van der Waals surface area contributed by atoms with Crippen LogP contribution in [0.2, 0.25) is 5.02 Å². The van der Waals surface area contributed by atoms with E-state index in [1.165, 1.54) is 0 Å². The number of hydrogen-bond donors (Lipinski definition) is 2. The molecule has 31 heavy (non-hydrogen) atoms. The van der Waals surface area contributed by atoms with Crippen LogP contribution < -0.4 is 10.6 Å². The van der Waals surface area contributed by atoms with E-state index in [9.17, 15) is 9.59 Å². The van der Waals surface area contributed by atoms with Crippen LogP contribution in [0.4, 0.5) is 11.4 Å². The van der Waals surface area contributed by atoms with E-state index in [4.69, 9.17) is 11.6 Å². The first kappa shape index (κ1) is 20.6. The topological polar surface area (TPSA) is 88.4 Å². The van der Waals surface area contributed by atoms with E-state index in [1.54, 1.807) is 60.0 Å². The maximum atomic E-state index is 12.6. The number of anilines is 2.